The van der Waals surface area contributed by atoms with Gasteiger partial charge < -0.3 is 37.0 Å². The number of phenolic OH excluding ortho intramolecular Hbond substituents is 1. The van der Waals surface area contributed by atoms with Crippen molar-refractivity contribution in [2.24, 2.45) is 17.6 Å². The van der Waals surface area contributed by atoms with E-state index in [9.17, 15) is 34.2 Å². The quantitative estimate of drug-likeness (QED) is 0.169. The lowest BCUT2D eigenvalue weighted by atomic mass is 9.96. The number of aliphatic carboxylic acids is 2. The number of rotatable bonds is 15. The molecular weight excluding hydrogens is 484 g/mol. The van der Waals surface area contributed by atoms with E-state index >= 15 is 0 Å². The molecule has 0 saturated heterocycles. The highest BCUT2D eigenvalue weighted by atomic mass is 16.4. The minimum Gasteiger partial charge on any atom is -0.508 e. The number of carbonyl (C=O) groups excluding carboxylic acids is 3. The number of amides is 3. The number of benzene rings is 1. The summed E-state index contributed by atoms with van der Waals surface area (Å²) in [5, 5.41) is 35.3. The topological polar surface area (TPSA) is 208 Å². The van der Waals surface area contributed by atoms with E-state index in [2.05, 4.69) is 16.0 Å². The standard InChI is InChI=1S/C25H38N4O8/c1-5-14(4)21(29-22(33)17(26)12-15-6-8-16(30)9-7-15)24(35)27-18(10-11-19(31)32)23(34)28-20(13(2)3)25(36)37/h6-9,13-14,17-18,20-21,30H,5,10-12,26H2,1-4H3,(H,27,35)(H,28,34)(H,29,33)(H,31,32)(H,36,37)/t14-,17-,18-,20-,21-/m0/s1. The molecule has 0 fully saturated rings. The van der Waals surface area contributed by atoms with Gasteiger partial charge in [0, 0.05) is 6.42 Å². The Morgan fingerprint density at radius 2 is 1.43 bits per heavy atom. The third kappa shape index (κ3) is 10.5. The second-order valence-corrected chi connectivity index (χ2v) is 9.41. The van der Waals surface area contributed by atoms with Crippen LogP contribution in [0.5, 0.6) is 5.75 Å². The van der Waals surface area contributed by atoms with Crippen LogP contribution < -0.4 is 21.7 Å². The van der Waals surface area contributed by atoms with Crippen molar-refractivity contribution in [1.82, 2.24) is 16.0 Å². The first-order valence-electron chi connectivity index (χ1n) is 12.2. The smallest absolute Gasteiger partial charge is 0.326 e. The largest absolute Gasteiger partial charge is 0.508 e. The van der Waals surface area contributed by atoms with Crippen molar-refractivity contribution in [2.45, 2.75) is 77.5 Å². The van der Waals surface area contributed by atoms with Crippen LogP contribution in [0, 0.1) is 11.8 Å². The number of hydrogen-bond acceptors (Lipinski definition) is 7. The number of carboxylic acids is 2. The minimum absolute atomic E-state index is 0.0693. The van der Waals surface area contributed by atoms with Crippen molar-refractivity contribution in [1.29, 1.82) is 0 Å². The molecule has 0 aliphatic rings. The van der Waals surface area contributed by atoms with Gasteiger partial charge in [-0.2, -0.15) is 0 Å². The fraction of sp³-hybridized carbons (Fsp3) is 0.560. The van der Waals surface area contributed by atoms with E-state index < -0.39 is 66.2 Å². The number of carboxylic acid groups (broad SMARTS) is 2. The summed E-state index contributed by atoms with van der Waals surface area (Å²) in [6.45, 7) is 6.73. The van der Waals surface area contributed by atoms with Crippen molar-refractivity contribution in [3.8, 4) is 5.75 Å². The van der Waals surface area contributed by atoms with E-state index in [-0.39, 0.29) is 24.5 Å². The SMILES string of the molecule is CC[C@H](C)[C@H](NC(=O)[C@@H](N)Cc1ccc(O)cc1)C(=O)N[C@@H](CCC(=O)O)C(=O)N[C@H](C(=O)O)C(C)C. The molecule has 1 aromatic carbocycles. The molecule has 3 amide bonds. The van der Waals surface area contributed by atoms with Gasteiger partial charge in [-0.3, -0.25) is 19.2 Å². The van der Waals surface area contributed by atoms with Gasteiger partial charge in [0.15, 0.2) is 0 Å². The maximum Gasteiger partial charge on any atom is 0.326 e. The van der Waals surface area contributed by atoms with Gasteiger partial charge in [-0.15, -0.1) is 0 Å². The zero-order valence-electron chi connectivity index (χ0n) is 21.6. The second-order valence-electron chi connectivity index (χ2n) is 9.41. The molecule has 12 heteroatoms. The molecule has 0 bridgehead atoms. The van der Waals surface area contributed by atoms with E-state index in [1.807, 2.05) is 6.92 Å². The molecule has 8 N–H and O–H groups in total. The highest BCUT2D eigenvalue weighted by Gasteiger charge is 2.33. The Kier molecular flexibility index (Phi) is 12.5. The molecule has 0 aromatic heterocycles. The first-order chi connectivity index (χ1) is 17.3. The average Bonchev–Trinajstić information content (AvgIpc) is 2.83. The van der Waals surface area contributed by atoms with Gasteiger partial charge in [0.1, 0.15) is 23.9 Å². The molecule has 1 aromatic rings. The number of carbonyl (C=O) groups is 5. The summed E-state index contributed by atoms with van der Waals surface area (Å²) in [7, 11) is 0. The van der Waals surface area contributed by atoms with Gasteiger partial charge in [0.2, 0.25) is 17.7 Å². The van der Waals surface area contributed by atoms with Gasteiger partial charge in [0.05, 0.1) is 6.04 Å². The molecular formula is C25H38N4O8. The van der Waals surface area contributed by atoms with Crippen molar-refractivity contribution in [2.75, 3.05) is 0 Å². The van der Waals surface area contributed by atoms with Crippen molar-refractivity contribution in [3.05, 3.63) is 29.8 Å². The molecule has 5 atom stereocenters. The lowest BCUT2D eigenvalue weighted by Crippen LogP contribution is -2.59. The number of hydrogen-bond donors (Lipinski definition) is 7. The number of phenols is 1. The zero-order chi connectivity index (χ0) is 28.3. The first-order valence-corrected chi connectivity index (χ1v) is 12.2. The van der Waals surface area contributed by atoms with E-state index in [0.717, 1.165) is 0 Å². The van der Waals surface area contributed by atoms with Crippen LogP contribution in [-0.4, -0.2) is 69.1 Å². The van der Waals surface area contributed by atoms with E-state index in [4.69, 9.17) is 10.8 Å². The van der Waals surface area contributed by atoms with Crippen LogP contribution in [-0.2, 0) is 30.4 Å². The van der Waals surface area contributed by atoms with Crippen LogP contribution in [0.15, 0.2) is 24.3 Å². The number of nitrogens with two attached hydrogens (primary N) is 1. The van der Waals surface area contributed by atoms with Gasteiger partial charge in [-0.1, -0.05) is 46.2 Å². The Morgan fingerprint density at radius 3 is 1.92 bits per heavy atom. The Hall–Kier alpha value is -3.67. The first kappa shape index (κ1) is 31.4. The summed E-state index contributed by atoms with van der Waals surface area (Å²) >= 11 is 0. The molecule has 12 nitrogen and oxygen atoms in total. The van der Waals surface area contributed by atoms with Crippen LogP contribution in [0.2, 0.25) is 0 Å². The molecule has 0 spiro atoms. The van der Waals surface area contributed by atoms with Crippen molar-refractivity contribution in [3.63, 3.8) is 0 Å². The highest BCUT2D eigenvalue weighted by Crippen LogP contribution is 2.13. The summed E-state index contributed by atoms with van der Waals surface area (Å²) in [5.41, 5.74) is 6.73. The predicted molar refractivity (Wildman–Crippen MR) is 134 cm³/mol. The maximum absolute atomic E-state index is 13.2. The lowest BCUT2D eigenvalue weighted by Gasteiger charge is -2.28. The number of nitrogens with one attached hydrogen (secondary N) is 3. The van der Waals surface area contributed by atoms with E-state index in [0.29, 0.717) is 12.0 Å². The zero-order valence-corrected chi connectivity index (χ0v) is 21.6. The molecule has 206 valence electrons. The summed E-state index contributed by atoms with van der Waals surface area (Å²) in [5.74, 6) is -5.38. The van der Waals surface area contributed by atoms with E-state index in [1.54, 1.807) is 32.9 Å². The molecule has 0 heterocycles. The fourth-order valence-electron chi connectivity index (χ4n) is 3.51. The second kappa shape index (κ2) is 14.8. The van der Waals surface area contributed by atoms with Gasteiger partial charge in [-0.25, -0.2) is 4.79 Å². The average molecular weight is 523 g/mol. The Bertz CT molecular complexity index is 951. The van der Waals surface area contributed by atoms with Crippen LogP contribution >= 0.6 is 0 Å². The fourth-order valence-corrected chi connectivity index (χ4v) is 3.51. The van der Waals surface area contributed by atoms with Crippen LogP contribution in [0.1, 0.15) is 52.5 Å². The Balaban J connectivity index is 3.02. The lowest BCUT2D eigenvalue weighted by molar-refractivity contribution is -0.144. The molecule has 0 saturated carbocycles. The number of aromatic hydroxyl groups is 1. The molecule has 0 aliphatic heterocycles. The normalized spacial score (nSPS) is 15.1. The highest BCUT2D eigenvalue weighted by molar-refractivity contribution is 5.94. The summed E-state index contributed by atoms with van der Waals surface area (Å²) < 4.78 is 0. The Morgan fingerprint density at radius 1 is 0.865 bits per heavy atom. The molecule has 37 heavy (non-hydrogen) atoms. The maximum atomic E-state index is 13.2. The van der Waals surface area contributed by atoms with Gasteiger partial charge in [-0.05, 0) is 42.4 Å². The van der Waals surface area contributed by atoms with Crippen LogP contribution in [0.4, 0.5) is 0 Å². The monoisotopic (exact) mass is 522 g/mol. The molecule has 0 unspecified atom stereocenters. The van der Waals surface area contributed by atoms with Crippen LogP contribution in [0.25, 0.3) is 0 Å². The summed E-state index contributed by atoms with van der Waals surface area (Å²) in [6.07, 6.45) is -0.0864. The van der Waals surface area contributed by atoms with E-state index in [1.165, 1.54) is 12.1 Å². The van der Waals surface area contributed by atoms with Crippen LogP contribution in [0.3, 0.4) is 0 Å². The Labute approximate surface area is 216 Å². The minimum atomic E-state index is -1.33. The predicted octanol–water partition coefficient (Wildman–Crippen LogP) is 0.368. The summed E-state index contributed by atoms with van der Waals surface area (Å²) in [4.78, 5) is 61.4. The van der Waals surface area contributed by atoms with Crippen molar-refractivity contribution < 1.29 is 39.3 Å². The molecule has 0 radical (unpaired) electrons. The summed E-state index contributed by atoms with van der Waals surface area (Å²) in [6, 6.07) is 1.51. The van der Waals surface area contributed by atoms with Gasteiger partial charge in [0.25, 0.3) is 0 Å². The van der Waals surface area contributed by atoms with Crippen molar-refractivity contribution >= 4 is 29.7 Å². The van der Waals surface area contributed by atoms with Gasteiger partial charge >= 0.3 is 11.9 Å². The molecule has 0 aliphatic carbocycles. The third-order valence-corrected chi connectivity index (χ3v) is 6.03. The third-order valence-electron chi connectivity index (χ3n) is 6.03. The molecule has 1 rings (SSSR count).